The van der Waals surface area contributed by atoms with E-state index in [0.717, 1.165) is 0 Å². The highest BCUT2D eigenvalue weighted by atomic mass is 79.9. The zero-order chi connectivity index (χ0) is 12.8. The smallest absolute Gasteiger partial charge is 0.275 e. The van der Waals surface area contributed by atoms with E-state index in [1.165, 1.54) is 6.07 Å². The zero-order valence-electron chi connectivity index (χ0n) is 8.97. The van der Waals surface area contributed by atoms with Crippen molar-refractivity contribution < 1.29 is 15.1 Å². The van der Waals surface area contributed by atoms with Gasteiger partial charge in [0.05, 0.1) is 17.6 Å². The van der Waals surface area contributed by atoms with Gasteiger partial charge in [-0.25, -0.2) is 0 Å². The molecule has 0 aliphatic heterocycles. The number of nitrogens with one attached hydrogen (secondary N) is 1. The number of nitro benzene ring substituents is 1. The number of hydrogen-bond donors (Lipinski definition) is 3. The van der Waals surface area contributed by atoms with E-state index in [1.807, 2.05) is 0 Å². The molecular formula is C10H13BrN2O4. The molecule has 0 saturated carbocycles. The summed E-state index contributed by atoms with van der Waals surface area (Å²) in [6.07, 6.45) is -0.857. The van der Waals surface area contributed by atoms with E-state index in [0.29, 0.717) is 10.0 Å². The molecule has 0 amide bonds. The van der Waals surface area contributed by atoms with Gasteiger partial charge in [0.25, 0.3) is 5.69 Å². The Morgan fingerprint density at radius 3 is 2.82 bits per heavy atom. The normalized spacial score (nSPS) is 12.4. The number of hydrogen-bond acceptors (Lipinski definition) is 5. The van der Waals surface area contributed by atoms with Crippen LogP contribution in [-0.4, -0.2) is 34.4 Å². The van der Waals surface area contributed by atoms with Crippen LogP contribution in [0, 0.1) is 10.1 Å². The van der Waals surface area contributed by atoms with Crippen molar-refractivity contribution in [1.82, 2.24) is 5.32 Å². The molecule has 1 rings (SSSR count). The second-order valence-corrected chi connectivity index (χ2v) is 4.41. The molecule has 0 radical (unpaired) electrons. The SMILES string of the molecule is O=[N+]([O-])c1cc(Br)ccc1CNCC(O)CO. The van der Waals surface area contributed by atoms with Gasteiger partial charge >= 0.3 is 0 Å². The Morgan fingerprint density at radius 2 is 2.24 bits per heavy atom. The third kappa shape index (κ3) is 4.39. The van der Waals surface area contributed by atoms with Crippen molar-refractivity contribution in [1.29, 1.82) is 0 Å². The number of aliphatic hydroxyl groups excluding tert-OH is 2. The monoisotopic (exact) mass is 304 g/mol. The molecule has 0 bridgehead atoms. The lowest BCUT2D eigenvalue weighted by Crippen LogP contribution is -2.29. The molecule has 94 valence electrons. The quantitative estimate of drug-likeness (QED) is 0.534. The van der Waals surface area contributed by atoms with E-state index in [9.17, 15) is 10.1 Å². The molecular weight excluding hydrogens is 292 g/mol. The van der Waals surface area contributed by atoms with Crippen LogP contribution in [0.25, 0.3) is 0 Å². The number of rotatable bonds is 6. The van der Waals surface area contributed by atoms with Gasteiger partial charge in [0.15, 0.2) is 0 Å². The Kier molecular flexibility index (Phi) is 5.49. The van der Waals surface area contributed by atoms with E-state index in [1.54, 1.807) is 12.1 Å². The number of aliphatic hydroxyl groups is 2. The fraction of sp³-hybridized carbons (Fsp3) is 0.400. The van der Waals surface area contributed by atoms with Crippen molar-refractivity contribution in [3.63, 3.8) is 0 Å². The van der Waals surface area contributed by atoms with Crippen molar-refractivity contribution in [2.24, 2.45) is 0 Å². The van der Waals surface area contributed by atoms with Gasteiger partial charge in [-0.3, -0.25) is 10.1 Å². The highest BCUT2D eigenvalue weighted by Crippen LogP contribution is 2.23. The summed E-state index contributed by atoms with van der Waals surface area (Å²) in [5, 5.41) is 31.3. The van der Waals surface area contributed by atoms with E-state index < -0.39 is 11.0 Å². The van der Waals surface area contributed by atoms with Crippen LogP contribution in [-0.2, 0) is 6.54 Å². The molecule has 1 aromatic carbocycles. The van der Waals surface area contributed by atoms with Crippen LogP contribution >= 0.6 is 15.9 Å². The maximum absolute atomic E-state index is 10.8. The number of nitro groups is 1. The molecule has 0 aliphatic carbocycles. The Balaban J connectivity index is 2.67. The first-order chi connectivity index (χ1) is 8.04. The lowest BCUT2D eigenvalue weighted by molar-refractivity contribution is -0.385. The minimum atomic E-state index is -0.857. The van der Waals surface area contributed by atoms with Gasteiger partial charge in [-0.15, -0.1) is 0 Å². The van der Waals surface area contributed by atoms with Gasteiger partial charge in [0.2, 0.25) is 0 Å². The summed E-state index contributed by atoms with van der Waals surface area (Å²) >= 11 is 3.17. The summed E-state index contributed by atoms with van der Waals surface area (Å²) in [6, 6.07) is 4.78. The summed E-state index contributed by atoms with van der Waals surface area (Å²) in [5.74, 6) is 0. The Bertz CT molecular complexity index is 400. The van der Waals surface area contributed by atoms with E-state index in [-0.39, 0.29) is 25.4 Å². The minimum absolute atomic E-state index is 0.0189. The lowest BCUT2D eigenvalue weighted by Gasteiger charge is -2.09. The standard InChI is InChI=1S/C10H13BrN2O4/c11-8-2-1-7(10(3-8)13(16)17)4-12-5-9(15)6-14/h1-3,9,12,14-15H,4-6H2. The van der Waals surface area contributed by atoms with Crippen molar-refractivity contribution in [3.8, 4) is 0 Å². The third-order valence-electron chi connectivity index (χ3n) is 2.15. The highest BCUT2D eigenvalue weighted by molar-refractivity contribution is 9.10. The first-order valence-corrected chi connectivity index (χ1v) is 5.76. The fourth-order valence-corrected chi connectivity index (χ4v) is 1.64. The molecule has 17 heavy (non-hydrogen) atoms. The van der Waals surface area contributed by atoms with Gasteiger partial charge in [0.1, 0.15) is 0 Å². The second kappa shape index (κ2) is 6.65. The van der Waals surface area contributed by atoms with Crippen LogP contribution in [0.4, 0.5) is 5.69 Å². The van der Waals surface area contributed by atoms with Gasteiger partial charge in [0, 0.05) is 29.2 Å². The molecule has 1 unspecified atom stereocenters. The highest BCUT2D eigenvalue weighted by Gasteiger charge is 2.13. The molecule has 0 fully saturated rings. The van der Waals surface area contributed by atoms with Crippen LogP contribution in [0.3, 0.4) is 0 Å². The third-order valence-corrected chi connectivity index (χ3v) is 2.64. The molecule has 7 heteroatoms. The summed E-state index contributed by atoms with van der Waals surface area (Å²) in [6.45, 7) is 0.111. The number of halogens is 1. The van der Waals surface area contributed by atoms with E-state index >= 15 is 0 Å². The Hall–Kier alpha value is -1.02. The maximum Gasteiger partial charge on any atom is 0.275 e. The van der Waals surface area contributed by atoms with Crippen molar-refractivity contribution in [2.45, 2.75) is 12.6 Å². The average Bonchev–Trinajstić information content (AvgIpc) is 2.30. The molecule has 1 atom stereocenters. The topological polar surface area (TPSA) is 95.6 Å². The first kappa shape index (κ1) is 14.0. The van der Waals surface area contributed by atoms with Gasteiger partial charge in [-0.2, -0.15) is 0 Å². The predicted molar refractivity (Wildman–Crippen MR) is 65.6 cm³/mol. The molecule has 0 heterocycles. The minimum Gasteiger partial charge on any atom is -0.394 e. The molecule has 1 aromatic rings. The van der Waals surface area contributed by atoms with Gasteiger partial charge in [-0.05, 0) is 12.1 Å². The van der Waals surface area contributed by atoms with Crippen LogP contribution in [0.5, 0.6) is 0 Å². The number of benzene rings is 1. The Labute approximate surface area is 107 Å². The summed E-state index contributed by atoms with van der Waals surface area (Å²) < 4.78 is 0.642. The van der Waals surface area contributed by atoms with Gasteiger partial charge in [-0.1, -0.05) is 15.9 Å². The average molecular weight is 305 g/mol. The molecule has 0 spiro atoms. The fourth-order valence-electron chi connectivity index (χ4n) is 1.29. The van der Waals surface area contributed by atoms with Gasteiger partial charge < -0.3 is 15.5 Å². The van der Waals surface area contributed by atoms with Crippen LogP contribution < -0.4 is 5.32 Å². The van der Waals surface area contributed by atoms with E-state index in [4.69, 9.17) is 10.2 Å². The van der Waals surface area contributed by atoms with Crippen LogP contribution in [0.15, 0.2) is 22.7 Å². The lowest BCUT2D eigenvalue weighted by atomic mass is 10.2. The largest absolute Gasteiger partial charge is 0.394 e. The zero-order valence-corrected chi connectivity index (χ0v) is 10.6. The molecule has 0 saturated heterocycles. The summed E-state index contributed by atoms with van der Waals surface area (Å²) in [4.78, 5) is 10.3. The summed E-state index contributed by atoms with van der Waals surface area (Å²) in [5.41, 5.74) is 0.550. The predicted octanol–water partition coefficient (Wildman–Crippen LogP) is 0.800. The first-order valence-electron chi connectivity index (χ1n) is 4.97. The second-order valence-electron chi connectivity index (χ2n) is 3.50. The molecule has 6 nitrogen and oxygen atoms in total. The van der Waals surface area contributed by atoms with Crippen LogP contribution in [0.2, 0.25) is 0 Å². The van der Waals surface area contributed by atoms with Crippen molar-refractivity contribution in [2.75, 3.05) is 13.2 Å². The Morgan fingerprint density at radius 1 is 1.53 bits per heavy atom. The molecule has 3 N–H and O–H groups in total. The molecule has 0 aliphatic rings. The van der Waals surface area contributed by atoms with E-state index in [2.05, 4.69) is 21.2 Å². The van der Waals surface area contributed by atoms with Crippen molar-refractivity contribution >= 4 is 21.6 Å². The molecule has 0 aromatic heterocycles. The van der Waals surface area contributed by atoms with Crippen LogP contribution in [0.1, 0.15) is 5.56 Å². The summed E-state index contributed by atoms with van der Waals surface area (Å²) in [7, 11) is 0. The maximum atomic E-state index is 10.8. The number of nitrogens with zero attached hydrogens (tertiary/aromatic N) is 1. The van der Waals surface area contributed by atoms with Crippen molar-refractivity contribution in [3.05, 3.63) is 38.3 Å².